The minimum absolute atomic E-state index is 0.0430. The zero-order chi connectivity index (χ0) is 10.8. The van der Waals surface area contributed by atoms with Gasteiger partial charge in [0, 0.05) is 17.0 Å². The van der Waals surface area contributed by atoms with E-state index in [2.05, 4.69) is 11.8 Å². The van der Waals surface area contributed by atoms with E-state index in [9.17, 15) is 10.1 Å². The molecule has 1 aromatic carbocycles. The van der Waals surface area contributed by atoms with Crippen LogP contribution in [0.4, 0.5) is 5.69 Å². The fourth-order valence-corrected chi connectivity index (χ4v) is 3.26. The molecule has 0 fully saturated rings. The molecule has 0 aliphatic rings. The number of benzene rings is 1. The summed E-state index contributed by atoms with van der Waals surface area (Å²) in [5.74, 6) is 0. The molecule has 76 valence electrons. The number of rotatable bonds is 3. The summed E-state index contributed by atoms with van der Waals surface area (Å²) in [4.78, 5) is 28.2. The van der Waals surface area contributed by atoms with E-state index in [-0.39, 0.29) is 5.69 Å². The Morgan fingerprint density at radius 1 is 1.36 bits per heavy atom. The molecule has 1 aromatic rings. The van der Waals surface area contributed by atoms with Crippen LogP contribution >= 0.6 is 17.1 Å². The number of hydrogen-bond acceptors (Lipinski definition) is 4. The molecule has 0 unspecified atom stereocenters. The van der Waals surface area contributed by atoms with E-state index >= 15 is 0 Å². The summed E-state index contributed by atoms with van der Waals surface area (Å²) < 4.78 is 0. The van der Waals surface area contributed by atoms with E-state index in [4.69, 9.17) is 9.79 Å². The molecule has 0 aromatic heterocycles. The van der Waals surface area contributed by atoms with Gasteiger partial charge >= 0.3 is 0 Å². The molecule has 0 bridgehead atoms. The summed E-state index contributed by atoms with van der Waals surface area (Å²) in [6.45, 7) is 0. The van der Waals surface area contributed by atoms with Crippen LogP contribution in [-0.4, -0.2) is 14.7 Å². The standard InChI is InChI=1S/C6H6NO4PS2/c8-7(9)5-1-3-6(4-2-5)14-12(10,11)13/h1-4H,(H2,10,11,13). The van der Waals surface area contributed by atoms with Gasteiger partial charge in [-0.25, -0.2) is 0 Å². The fourth-order valence-electron chi connectivity index (χ4n) is 0.766. The van der Waals surface area contributed by atoms with Crippen LogP contribution in [0.1, 0.15) is 0 Å². The molecule has 0 saturated heterocycles. The number of nitro groups is 1. The predicted octanol–water partition coefficient (Wildman–Crippen LogP) is 1.90. The highest BCUT2D eigenvalue weighted by molar-refractivity contribution is 8.67. The van der Waals surface area contributed by atoms with Crippen LogP contribution in [0.3, 0.4) is 0 Å². The second-order valence-electron chi connectivity index (χ2n) is 2.33. The first-order valence-corrected chi connectivity index (χ1v) is 7.51. The Labute approximate surface area is 88.8 Å². The molecule has 0 heterocycles. The first-order valence-electron chi connectivity index (χ1n) is 3.38. The van der Waals surface area contributed by atoms with Gasteiger partial charge in [0.1, 0.15) is 0 Å². The van der Waals surface area contributed by atoms with E-state index in [0.29, 0.717) is 4.90 Å². The van der Waals surface area contributed by atoms with Gasteiger partial charge in [0.2, 0.25) is 5.69 Å². The SMILES string of the molecule is O=[N+]([O-])c1ccc(SP(O)(O)=S)cc1. The predicted molar refractivity (Wildman–Crippen MR) is 57.7 cm³/mol. The van der Waals surface area contributed by atoms with Gasteiger partial charge in [-0.2, -0.15) is 0 Å². The second kappa shape index (κ2) is 4.37. The Morgan fingerprint density at radius 2 is 1.86 bits per heavy atom. The Bertz CT molecular complexity index is 387. The molecule has 14 heavy (non-hydrogen) atoms. The molecule has 1 rings (SSSR count). The topological polar surface area (TPSA) is 83.6 Å². The molecule has 0 atom stereocenters. The summed E-state index contributed by atoms with van der Waals surface area (Å²) in [7, 11) is 0. The summed E-state index contributed by atoms with van der Waals surface area (Å²) in [5.41, 5.74) is -3.39. The largest absolute Gasteiger partial charge is 0.337 e. The zero-order valence-corrected chi connectivity index (χ0v) is 9.26. The molecule has 2 N–H and O–H groups in total. The van der Waals surface area contributed by atoms with Gasteiger partial charge in [-0.15, -0.1) is 0 Å². The minimum Gasteiger partial charge on any atom is -0.337 e. The third-order valence-electron chi connectivity index (χ3n) is 1.27. The van der Waals surface area contributed by atoms with Crippen molar-refractivity contribution in [3.63, 3.8) is 0 Å². The molecule has 0 saturated carbocycles. The summed E-state index contributed by atoms with van der Waals surface area (Å²) >= 11 is 5.14. The molecule has 0 spiro atoms. The zero-order valence-electron chi connectivity index (χ0n) is 6.73. The van der Waals surface area contributed by atoms with Gasteiger partial charge in [-0.1, -0.05) is 0 Å². The third-order valence-corrected chi connectivity index (χ3v) is 4.01. The molecule has 8 heteroatoms. The average Bonchev–Trinajstić information content (AvgIpc) is 2.02. The van der Waals surface area contributed by atoms with Crippen molar-refractivity contribution in [2.45, 2.75) is 4.90 Å². The van der Waals surface area contributed by atoms with Crippen LogP contribution in [0, 0.1) is 10.1 Å². The molecule has 5 nitrogen and oxygen atoms in total. The van der Waals surface area contributed by atoms with Crippen molar-refractivity contribution in [3.8, 4) is 0 Å². The summed E-state index contributed by atoms with van der Waals surface area (Å²) in [5, 5.41) is 10.3. The van der Waals surface area contributed by atoms with Crippen LogP contribution in [0.2, 0.25) is 0 Å². The number of nitro benzene ring substituents is 1. The normalized spacial score (nSPS) is 11.3. The highest BCUT2D eigenvalue weighted by atomic mass is 32.9. The highest BCUT2D eigenvalue weighted by Gasteiger charge is 2.11. The van der Waals surface area contributed by atoms with Crippen molar-refractivity contribution in [1.82, 2.24) is 0 Å². The molecular formula is C6H6NO4PS2. The van der Waals surface area contributed by atoms with Gasteiger partial charge in [0.05, 0.1) is 4.92 Å². The van der Waals surface area contributed by atoms with E-state index in [1.807, 2.05) is 0 Å². The van der Waals surface area contributed by atoms with Gasteiger partial charge in [0.15, 0.2) is 0 Å². The van der Waals surface area contributed by atoms with Crippen LogP contribution in [-0.2, 0) is 11.8 Å². The van der Waals surface area contributed by atoms with Gasteiger partial charge in [-0.3, -0.25) is 10.1 Å². The van der Waals surface area contributed by atoms with Gasteiger partial charge < -0.3 is 9.79 Å². The van der Waals surface area contributed by atoms with Crippen molar-refractivity contribution in [1.29, 1.82) is 0 Å². The van der Waals surface area contributed by atoms with Gasteiger partial charge in [-0.05, 0) is 35.3 Å². The fraction of sp³-hybridized carbons (Fsp3) is 0. The van der Waals surface area contributed by atoms with E-state index in [1.54, 1.807) is 0 Å². The average molecular weight is 251 g/mol. The van der Waals surface area contributed by atoms with E-state index in [1.165, 1.54) is 24.3 Å². The van der Waals surface area contributed by atoms with Crippen molar-refractivity contribution >= 4 is 34.6 Å². The minimum atomic E-state index is -3.35. The lowest BCUT2D eigenvalue weighted by Crippen LogP contribution is -1.86. The van der Waals surface area contributed by atoms with Gasteiger partial charge in [0.25, 0.3) is 5.69 Å². The Morgan fingerprint density at radius 3 is 2.21 bits per heavy atom. The highest BCUT2D eigenvalue weighted by Crippen LogP contribution is 2.54. The lowest BCUT2D eigenvalue weighted by Gasteiger charge is -2.05. The van der Waals surface area contributed by atoms with Crippen molar-refractivity contribution < 1.29 is 14.7 Å². The molecule has 0 aliphatic carbocycles. The quantitative estimate of drug-likeness (QED) is 0.485. The van der Waals surface area contributed by atoms with E-state index < -0.39 is 10.6 Å². The maximum atomic E-state index is 10.3. The summed E-state index contributed by atoms with van der Waals surface area (Å²) in [6, 6.07) is 5.42. The smallest absolute Gasteiger partial charge is 0.269 e. The first-order chi connectivity index (χ1) is 6.38. The van der Waals surface area contributed by atoms with Crippen LogP contribution in [0.5, 0.6) is 0 Å². The lowest BCUT2D eigenvalue weighted by molar-refractivity contribution is -0.384. The molecule has 0 aliphatic heterocycles. The monoisotopic (exact) mass is 251 g/mol. The molecule has 0 amide bonds. The van der Waals surface area contributed by atoms with Crippen LogP contribution in [0.15, 0.2) is 29.2 Å². The third kappa shape index (κ3) is 3.73. The van der Waals surface area contributed by atoms with Crippen molar-refractivity contribution in [2.75, 3.05) is 0 Å². The summed E-state index contributed by atoms with van der Waals surface area (Å²) in [6.07, 6.45) is 0. The number of non-ortho nitro benzene ring substituents is 1. The Hall–Kier alpha value is -0.460. The van der Waals surface area contributed by atoms with E-state index in [0.717, 1.165) is 11.4 Å². The molecular weight excluding hydrogens is 245 g/mol. The lowest BCUT2D eigenvalue weighted by atomic mass is 10.3. The number of nitrogens with zero attached hydrogens (tertiary/aromatic N) is 1. The van der Waals surface area contributed by atoms with Crippen molar-refractivity contribution in [2.24, 2.45) is 0 Å². The van der Waals surface area contributed by atoms with Crippen LogP contribution in [0.25, 0.3) is 0 Å². The second-order valence-corrected chi connectivity index (χ2v) is 8.26. The maximum absolute atomic E-state index is 10.3. The number of hydrogen-bond donors (Lipinski definition) is 2. The van der Waals surface area contributed by atoms with Crippen molar-refractivity contribution in [3.05, 3.63) is 34.4 Å². The Kier molecular flexibility index (Phi) is 3.63. The first kappa shape index (κ1) is 11.6. The molecule has 0 radical (unpaired) electrons. The maximum Gasteiger partial charge on any atom is 0.269 e. The van der Waals surface area contributed by atoms with Crippen LogP contribution < -0.4 is 0 Å². The Balaban J connectivity index is 2.84.